The van der Waals surface area contributed by atoms with Gasteiger partial charge < -0.3 is 15.9 Å². The van der Waals surface area contributed by atoms with Gasteiger partial charge in [0.2, 0.25) is 0 Å². The average Bonchev–Trinajstić information content (AvgIpc) is 2.55. The van der Waals surface area contributed by atoms with Gasteiger partial charge in [-0.05, 0) is 25.2 Å². The van der Waals surface area contributed by atoms with Crippen LogP contribution >= 0.6 is 0 Å². The van der Waals surface area contributed by atoms with Gasteiger partial charge >= 0.3 is 10.4 Å². The van der Waals surface area contributed by atoms with E-state index >= 15 is 0 Å². The van der Waals surface area contributed by atoms with Crippen LogP contribution in [0.3, 0.4) is 0 Å². The van der Waals surface area contributed by atoms with Gasteiger partial charge in [-0.1, -0.05) is 64.5 Å². The number of aliphatic hydroxyl groups is 2. The zero-order valence-corrected chi connectivity index (χ0v) is 16.9. The SMILES string of the molecule is CC(C)CCCCCCCC/C=C/C[C@H](OS(=O)(=O)O)[C@H](O)[C@H](N)CO. The minimum Gasteiger partial charge on any atom is -0.395 e. The maximum atomic E-state index is 10.9. The molecule has 156 valence electrons. The number of aliphatic hydroxyl groups excluding tert-OH is 2. The molecule has 7 nitrogen and oxygen atoms in total. The Labute approximate surface area is 158 Å². The molecular weight excluding hydrogens is 358 g/mol. The van der Waals surface area contributed by atoms with Crippen LogP contribution in [0.5, 0.6) is 0 Å². The summed E-state index contributed by atoms with van der Waals surface area (Å²) in [5, 5.41) is 18.9. The third-order valence-electron chi connectivity index (χ3n) is 4.21. The summed E-state index contributed by atoms with van der Waals surface area (Å²) in [6.07, 6.45) is 10.4. The molecule has 0 aromatic heterocycles. The third-order valence-corrected chi connectivity index (χ3v) is 4.70. The first-order valence-electron chi connectivity index (χ1n) is 9.52. The molecule has 0 saturated heterocycles. The molecule has 0 aliphatic heterocycles. The number of nitrogens with two attached hydrogens (primary N) is 1. The van der Waals surface area contributed by atoms with Gasteiger partial charge in [-0.2, -0.15) is 8.42 Å². The minimum absolute atomic E-state index is 0.0733. The van der Waals surface area contributed by atoms with E-state index < -0.39 is 35.3 Å². The maximum absolute atomic E-state index is 10.9. The monoisotopic (exact) mass is 395 g/mol. The van der Waals surface area contributed by atoms with E-state index in [1.54, 1.807) is 6.08 Å². The Bertz CT molecular complexity index is 466. The number of allylic oxidation sites excluding steroid dienone is 1. The van der Waals surface area contributed by atoms with E-state index in [0.29, 0.717) is 0 Å². The predicted molar refractivity (Wildman–Crippen MR) is 103 cm³/mol. The maximum Gasteiger partial charge on any atom is 0.397 e. The van der Waals surface area contributed by atoms with Crippen molar-refractivity contribution in [3.63, 3.8) is 0 Å². The molecule has 0 heterocycles. The topological polar surface area (TPSA) is 130 Å². The van der Waals surface area contributed by atoms with Gasteiger partial charge in [-0.15, -0.1) is 0 Å². The van der Waals surface area contributed by atoms with Crippen molar-refractivity contribution in [2.24, 2.45) is 11.7 Å². The number of hydrogen-bond acceptors (Lipinski definition) is 6. The summed E-state index contributed by atoms with van der Waals surface area (Å²) in [4.78, 5) is 0. The molecule has 0 aliphatic carbocycles. The van der Waals surface area contributed by atoms with Crippen LogP contribution in [0.15, 0.2) is 12.2 Å². The van der Waals surface area contributed by atoms with Crippen molar-refractivity contribution in [2.75, 3.05) is 6.61 Å². The van der Waals surface area contributed by atoms with Crippen molar-refractivity contribution < 1.29 is 27.4 Å². The molecule has 0 bridgehead atoms. The second kappa shape index (κ2) is 14.5. The van der Waals surface area contributed by atoms with Gasteiger partial charge in [-0.25, -0.2) is 4.18 Å². The quantitative estimate of drug-likeness (QED) is 0.179. The molecule has 0 spiro atoms. The van der Waals surface area contributed by atoms with Crippen LogP contribution < -0.4 is 5.73 Å². The molecule has 0 fully saturated rings. The summed E-state index contributed by atoms with van der Waals surface area (Å²) < 4.78 is 35.0. The Morgan fingerprint density at radius 2 is 1.62 bits per heavy atom. The molecule has 8 heteroatoms. The molecule has 0 saturated carbocycles. The standard InChI is InChI=1S/C18H37NO6S/c1-15(2)12-10-8-6-4-3-5-7-9-11-13-17(25-26(22,23)24)18(21)16(19)14-20/h9,11,15-18,20-21H,3-8,10,12-14,19H2,1-2H3,(H,22,23,24)/b11-9+/t16-,17+,18-/m1/s1. The molecule has 0 aromatic carbocycles. The van der Waals surface area contributed by atoms with Crippen LogP contribution in [0.25, 0.3) is 0 Å². The fourth-order valence-electron chi connectivity index (χ4n) is 2.65. The Kier molecular flexibility index (Phi) is 14.3. The second-order valence-corrected chi connectivity index (χ2v) is 8.25. The molecule has 5 N–H and O–H groups in total. The van der Waals surface area contributed by atoms with Gasteiger partial charge in [-0.3, -0.25) is 4.55 Å². The molecule has 0 rings (SSSR count). The van der Waals surface area contributed by atoms with E-state index in [0.717, 1.165) is 25.2 Å². The average molecular weight is 396 g/mol. The van der Waals surface area contributed by atoms with Crippen molar-refractivity contribution in [2.45, 2.75) is 89.9 Å². The van der Waals surface area contributed by atoms with E-state index in [-0.39, 0.29) is 6.42 Å². The van der Waals surface area contributed by atoms with Crippen LogP contribution in [0.4, 0.5) is 0 Å². The first-order valence-corrected chi connectivity index (χ1v) is 10.9. The van der Waals surface area contributed by atoms with Crippen molar-refractivity contribution in [1.29, 1.82) is 0 Å². The lowest BCUT2D eigenvalue weighted by molar-refractivity contribution is 0.00630. The summed E-state index contributed by atoms with van der Waals surface area (Å²) in [5.41, 5.74) is 5.49. The van der Waals surface area contributed by atoms with Gasteiger partial charge in [0, 0.05) is 0 Å². The number of hydrogen-bond donors (Lipinski definition) is 4. The Morgan fingerprint density at radius 1 is 1.04 bits per heavy atom. The van der Waals surface area contributed by atoms with E-state index in [2.05, 4.69) is 18.0 Å². The molecular formula is C18H37NO6S. The highest BCUT2D eigenvalue weighted by molar-refractivity contribution is 7.80. The molecule has 0 aliphatic rings. The molecule has 26 heavy (non-hydrogen) atoms. The third kappa shape index (κ3) is 14.6. The summed E-state index contributed by atoms with van der Waals surface area (Å²) >= 11 is 0. The highest BCUT2D eigenvalue weighted by atomic mass is 32.3. The van der Waals surface area contributed by atoms with Crippen LogP contribution in [0.2, 0.25) is 0 Å². The molecule has 3 atom stereocenters. The highest BCUT2D eigenvalue weighted by Crippen LogP contribution is 2.14. The second-order valence-electron chi connectivity index (χ2n) is 7.20. The molecule has 0 aromatic rings. The fraction of sp³-hybridized carbons (Fsp3) is 0.889. The van der Waals surface area contributed by atoms with E-state index in [4.69, 9.17) is 15.4 Å². The molecule has 0 amide bonds. The Hall–Kier alpha value is -0.510. The van der Waals surface area contributed by atoms with Crippen LogP contribution in [-0.2, 0) is 14.6 Å². The Morgan fingerprint density at radius 3 is 2.15 bits per heavy atom. The van der Waals surface area contributed by atoms with Crippen molar-refractivity contribution in [3.05, 3.63) is 12.2 Å². The van der Waals surface area contributed by atoms with Crippen LogP contribution in [-0.4, -0.2) is 48.0 Å². The van der Waals surface area contributed by atoms with Crippen LogP contribution in [0, 0.1) is 5.92 Å². The van der Waals surface area contributed by atoms with E-state index in [1.807, 2.05) is 6.08 Å². The molecule has 0 unspecified atom stereocenters. The normalized spacial score (nSPS) is 16.3. The first kappa shape index (κ1) is 25.5. The van der Waals surface area contributed by atoms with Gasteiger partial charge in [0.1, 0.15) is 6.10 Å². The highest BCUT2D eigenvalue weighted by Gasteiger charge is 2.28. The predicted octanol–water partition coefficient (Wildman–Crippen LogP) is 2.58. The Balaban J connectivity index is 4.01. The zero-order chi connectivity index (χ0) is 20.0. The number of rotatable bonds is 16. The largest absolute Gasteiger partial charge is 0.397 e. The van der Waals surface area contributed by atoms with Gasteiger partial charge in [0.15, 0.2) is 0 Å². The van der Waals surface area contributed by atoms with Crippen molar-refractivity contribution >= 4 is 10.4 Å². The van der Waals surface area contributed by atoms with Gasteiger partial charge in [0.05, 0.1) is 18.8 Å². The van der Waals surface area contributed by atoms with Crippen LogP contribution in [0.1, 0.15) is 71.6 Å². The fourth-order valence-corrected chi connectivity index (χ4v) is 3.15. The smallest absolute Gasteiger partial charge is 0.395 e. The summed E-state index contributed by atoms with van der Waals surface area (Å²) in [6, 6.07) is -1.05. The van der Waals surface area contributed by atoms with E-state index in [9.17, 15) is 13.5 Å². The van der Waals surface area contributed by atoms with Crippen molar-refractivity contribution in [1.82, 2.24) is 0 Å². The lowest BCUT2D eigenvalue weighted by Gasteiger charge is -2.24. The minimum atomic E-state index is -4.71. The first-order chi connectivity index (χ1) is 12.2. The molecule has 0 radical (unpaired) electrons. The summed E-state index contributed by atoms with van der Waals surface area (Å²) in [7, 11) is -4.71. The number of unbranched alkanes of at least 4 members (excludes halogenated alkanes) is 6. The summed E-state index contributed by atoms with van der Waals surface area (Å²) in [5.74, 6) is 0.777. The van der Waals surface area contributed by atoms with E-state index in [1.165, 1.54) is 32.1 Å². The van der Waals surface area contributed by atoms with Gasteiger partial charge in [0.25, 0.3) is 0 Å². The lowest BCUT2D eigenvalue weighted by atomic mass is 10.0. The summed E-state index contributed by atoms with van der Waals surface area (Å²) in [6.45, 7) is 3.97. The lowest BCUT2D eigenvalue weighted by Crippen LogP contribution is -2.46. The van der Waals surface area contributed by atoms with Crippen molar-refractivity contribution in [3.8, 4) is 0 Å². The zero-order valence-electron chi connectivity index (χ0n) is 16.1.